The highest BCUT2D eigenvalue weighted by Gasteiger charge is 2.33. The van der Waals surface area contributed by atoms with Crippen LogP contribution in [-0.2, 0) is 11.6 Å². The Bertz CT molecular complexity index is 926. The van der Waals surface area contributed by atoms with Gasteiger partial charge in [0.15, 0.2) is 0 Å². The van der Waals surface area contributed by atoms with Crippen molar-refractivity contribution >= 4 is 11.4 Å². The smallest absolute Gasteiger partial charge is 0.354 e. The predicted molar refractivity (Wildman–Crippen MR) is 103 cm³/mol. The van der Waals surface area contributed by atoms with E-state index in [1.165, 1.54) is 12.1 Å². The summed E-state index contributed by atoms with van der Waals surface area (Å²) in [7, 11) is 0. The lowest BCUT2D eigenvalue weighted by molar-refractivity contribution is -0.136. The number of para-hydroxylation sites is 1. The topological polar surface area (TPSA) is 24.9 Å². The summed E-state index contributed by atoms with van der Waals surface area (Å²) in [5, 5.41) is 2.96. The zero-order valence-electron chi connectivity index (χ0n) is 15.4. The van der Waals surface area contributed by atoms with Gasteiger partial charge in [0.1, 0.15) is 0 Å². The molecule has 0 saturated heterocycles. The molecular weight excluding hydrogens is 349 g/mol. The molecule has 140 valence electrons. The van der Waals surface area contributed by atoms with Crippen molar-refractivity contribution in [3.63, 3.8) is 0 Å². The molecule has 1 aromatic heterocycles. The number of rotatable bonds is 3. The Balaban J connectivity index is 2.12. The third-order valence-electron chi connectivity index (χ3n) is 4.33. The van der Waals surface area contributed by atoms with E-state index in [0.717, 1.165) is 17.2 Å². The maximum Gasteiger partial charge on any atom is 0.418 e. The molecule has 3 rings (SSSR count). The minimum Gasteiger partial charge on any atom is -0.354 e. The molecule has 0 aliphatic rings. The number of hydrogen-bond acceptors (Lipinski definition) is 2. The number of anilines is 2. The van der Waals surface area contributed by atoms with E-state index in [-0.39, 0.29) is 11.1 Å². The fraction of sp³-hybridized carbons (Fsp3) is 0.227. The van der Waals surface area contributed by atoms with Crippen LogP contribution in [0, 0.1) is 0 Å². The van der Waals surface area contributed by atoms with Gasteiger partial charge in [0.2, 0.25) is 0 Å². The van der Waals surface area contributed by atoms with E-state index >= 15 is 0 Å². The SMILES string of the molecule is CC(C)(C)c1ccc(Nc2ccccc2C(F)(F)F)c(-c2ccccn2)c1. The largest absolute Gasteiger partial charge is 0.418 e. The Hall–Kier alpha value is -2.82. The van der Waals surface area contributed by atoms with Crippen molar-refractivity contribution in [3.05, 3.63) is 78.0 Å². The lowest BCUT2D eigenvalue weighted by Gasteiger charge is -2.22. The number of pyridine rings is 1. The molecule has 2 aromatic carbocycles. The first kappa shape index (κ1) is 19.0. The van der Waals surface area contributed by atoms with Crippen molar-refractivity contribution in [3.8, 4) is 11.3 Å². The van der Waals surface area contributed by atoms with Crippen molar-refractivity contribution < 1.29 is 13.2 Å². The normalized spacial score (nSPS) is 12.1. The van der Waals surface area contributed by atoms with Crippen molar-refractivity contribution in [2.75, 3.05) is 5.32 Å². The Labute approximate surface area is 157 Å². The minimum absolute atomic E-state index is 0.0192. The molecule has 0 atom stereocenters. The average Bonchev–Trinajstić information content (AvgIpc) is 2.61. The Kier molecular flexibility index (Phi) is 4.96. The highest BCUT2D eigenvalue weighted by Crippen LogP contribution is 2.38. The summed E-state index contributed by atoms with van der Waals surface area (Å²) >= 11 is 0. The zero-order valence-corrected chi connectivity index (χ0v) is 15.4. The molecule has 0 fully saturated rings. The van der Waals surface area contributed by atoms with Gasteiger partial charge in [-0.3, -0.25) is 4.98 Å². The number of aromatic nitrogens is 1. The minimum atomic E-state index is -4.43. The number of nitrogens with zero attached hydrogens (tertiary/aromatic N) is 1. The highest BCUT2D eigenvalue weighted by molar-refractivity contribution is 5.80. The van der Waals surface area contributed by atoms with Crippen LogP contribution in [-0.4, -0.2) is 4.98 Å². The first-order valence-electron chi connectivity index (χ1n) is 8.65. The van der Waals surface area contributed by atoms with Gasteiger partial charge in [-0.1, -0.05) is 45.0 Å². The lowest BCUT2D eigenvalue weighted by Crippen LogP contribution is -2.12. The predicted octanol–water partition coefficient (Wildman–Crippen LogP) is 6.81. The van der Waals surface area contributed by atoms with Crippen molar-refractivity contribution in [1.29, 1.82) is 0 Å². The van der Waals surface area contributed by atoms with Gasteiger partial charge in [-0.15, -0.1) is 0 Å². The Morgan fingerprint density at radius 2 is 1.52 bits per heavy atom. The van der Waals surface area contributed by atoms with Gasteiger partial charge in [-0.25, -0.2) is 0 Å². The summed E-state index contributed by atoms with van der Waals surface area (Å²) in [4.78, 5) is 4.38. The summed E-state index contributed by atoms with van der Waals surface area (Å²) in [5.41, 5.74) is 2.36. The first-order chi connectivity index (χ1) is 12.7. The second kappa shape index (κ2) is 7.06. The molecule has 3 aromatic rings. The first-order valence-corrected chi connectivity index (χ1v) is 8.65. The van der Waals surface area contributed by atoms with Gasteiger partial charge < -0.3 is 5.32 Å². The van der Waals surface area contributed by atoms with Gasteiger partial charge in [-0.05, 0) is 47.4 Å². The monoisotopic (exact) mass is 370 g/mol. The summed E-state index contributed by atoms with van der Waals surface area (Å²) in [6.45, 7) is 6.28. The lowest BCUT2D eigenvalue weighted by atomic mass is 9.85. The van der Waals surface area contributed by atoms with Crippen LogP contribution >= 0.6 is 0 Å². The summed E-state index contributed by atoms with van der Waals surface area (Å²) in [6.07, 6.45) is -2.76. The van der Waals surface area contributed by atoms with Crippen molar-refractivity contribution in [2.45, 2.75) is 32.4 Å². The summed E-state index contributed by atoms with van der Waals surface area (Å²) in [6, 6.07) is 16.7. The van der Waals surface area contributed by atoms with Gasteiger partial charge >= 0.3 is 6.18 Å². The van der Waals surface area contributed by atoms with Crippen LogP contribution in [0.1, 0.15) is 31.9 Å². The Morgan fingerprint density at radius 3 is 2.15 bits per heavy atom. The zero-order chi connectivity index (χ0) is 19.7. The fourth-order valence-corrected chi connectivity index (χ4v) is 2.84. The molecule has 1 N–H and O–H groups in total. The van der Waals surface area contributed by atoms with Crippen molar-refractivity contribution in [2.24, 2.45) is 0 Å². The molecule has 2 nitrogen and oxygen atoms in total. The number of alkyl halides is 3. The maximum atomic E-state index is 13.3. The molecule has 0 aliphatic carbocycles. The van der Waals surface area contributed by atoms with E-state index in [1.54, 1.807) is 12.3 Å². The van der Waals surface area contributed by atoms with E-state index in [0.29, 0.717) is 11.4 Å². The second-order valence-corrected chi connectivity index (χ2v) is 7.39. The van der Waals surface area contributed by atoms with Crippen LogP contribution in [0.25, 0.3) is 11.3 Å². The van der Waals surface area contributed by atoms with E-state index in [1.807, 2.05) is 36.4 Å². The van der Waals surface area contributed by atoms with Crippen LogP contribution in [0.15, 0.2) is 66.9 Å². The number of nitrogens with one attached hydrogen (secondary N) is 1. The van der Waals surface area contributed by atoms with Gasteiger partial charge in [0.05, 0.1) is 16.9 Å². The van der Waals surface area contributed by atoms with Crippen molar-refractivity contribution in [1.82, 2.24) is 4.98 Å². The molecule has 0 saturated carbocycles. The van der Waals surface area contributed by atoms with Crippen LogP contribution in [0.4, 0.5) is 24.5 Å². The van der Waals surface area contributed by atoms with Crippen LogP contribution in [0.3, 0.4) is 0 Å². The molecule has 0 spiro atoms. The number of halogens is 3. The Morgan fingerprint density at radius 1 is 0.815 bits per heavy atom. The van der Waals surface area contributed by atoms with Crippen LogP contribution in [0.2, 0.25) is 0 Å². The third-order valence-corrected chi connectivity index (χ3v) is 4.33. The molecule has 0 amide bonds. The summed E-state index contributed by atoms with van der Waals surface area (Å²) < 4.78 is 40.0. The van der Waals surface area contributed by atoms with E-state index in [2.05, 4.69) is 31.1 Å². The molecule has 0 radical (unpaired) electrons. The fourth-order valence-electron chi connectivity index (χ4n) is 2.84. The average molecular weight is 370 g/mol. The van der Waals surface area contributed by atoms with Gasteiger partial charge in [0.25, 0.3) is 0 Å². The standard InChI is InChI=1S/C22H21F3N2/c1-21(2,3)15-11-12-19(16(14-15)18-9-6-7-13-26-18)27-20-10-5-4-8-17(20)22(23,24)25/h4-14,27H,1-3H3. The molecule has 27 heavy (non-hydrogen) atoms. The number of benzene rings is 2. The van der Waals surface area contributed by atoms with E-state index in [4.69, 9.17) is 0 Å². The molecular formula is C22H21F3N2. The quantitative estimate of drug-likeness (QED) is 0.548. The molecule has 5 heteroatoms. The molecule has 0 unspecified atom stereocenters. The number of hydrogen-bond donors (Lipinski definition) is 1. The van der Waals surface area contributed by atoms with E-state index in [9.17, 15) is 13.2 Å². The highest BCUT2D eigenvalue weighted by atomic mass is 19.4. The van der Waals surface area contributed by atoms with Gasteiger partial charge in [-0.2, -0.15) is 13.2 Å². The third kappa shape index (κ3) is 4.30. The molecule has 0 bridgehead atoms. The van der Waals surface area contributed by atoms with E-state index < -0.39 is 11.7 Å². The molecule has 1 heterocycles. The second-order valence-electron chi connectivity index (χ2n) is 7.39. The maximum absolute atomic E-state index is 13.3. The van der Waals surface area contributed by atoms with Gasteiger partial charge in [0, 0.05) is 17.4 Å². The molecule has 0 aliphatic heterocycles. The van der Waals surface area contributed by atoms with Crippen LogP contribution in [0.5, 0.6) is 0 Å². The van der Waals surface area contributed by atoms with Crippen LogP contribution < -0.4 is 5.32 Å². The summed E-state index contributed by atoms with van der Waals surface area (Å²) in [5.74, 6) is 0.